The number of nitrogens with zero attached hydrogens (tertiary/aromatic N) is 5. The van der Waals surface area contributed by atoms with E-state index in [1.54, 1.807) is 6.92 Å². The smallest absolute Gasteiger partial charge is 0.416 e. The molecule has 3 N–H and O–H groups in total. The van der Waals surface area contributed by atoms with Crippen molar-refractivity contribution in [1.29, 1.82) is 0 Å². The number of halogens is 1. The van der Waals surface area contributed by atoms with Crippen molar-refractivity contribution < 1.29 is 38.5 Å². The second-order valence-electron chi connectivity index (χ2n) is 8.93. The van der Waals surface area contributed by atoms with Gasteiger partial charge in [-0.2, -0.15) is 0 Å². The molecule has 1 aliphatic carbocycles. The average molecular weight is 502 g/mol. The summed E-state index contributed by atoms with van der Waals surface area (Å²) < 4.78 is 24.6. The van der Waals surface area contributed by atoms with Gasteiger partial charge in [0.05, 0.1) is 25.5 Å². The Morgan fingerprint density at radius 2 is 2.08 bits per heavy atom. The fraction of sp³-hybridized carbons (Fsp3) is 0.455. The van der Waals surface area contributed by atoms with Crippen molar-refractivity contribution in [2.75, 3.05) is 36.5 Å². The molecule has 0 aromatic carbocycles. The second-order valence-corrected chi connectivity index (χ2v) is 8.93. The first kappa shape index (κ1) is 23.7. The van der Waals surface area contributed by atoms with Gasteiger partial charge in [-0.15, -0.1) is 0 Å². The van der Waals surface area contributed by atoms with E-state index in [4.69, 9.17) is 9.47 Å². The molecule has 1 unspecified atom stereocenters. The molecular formula is C22H23FN6O7. The molecule has 0 bridgehead atoms. The van der Waals surface area contributed by atoms with E-state index < -0.39 is 36.1 Å². The van der Waals surface area contributed by atoms with Crippen LogP contribution in [0.1, 0.15) is 16.8 Å². The quantitative estimate of drug-likeness (QED) is 0.512. The van der Waals surface area contributed by atoms with Crippen LogP contribution in [0.4, 0.5) is 25.6 Å². The number of aliphatic hydroxyl groups excluding tert-OH is 1. The molecular weight excluding hydrogens is 479 g/mol. The first-order valence-corrected chi connectivity index (χ1v) is 11.3. The minimum Gasteiger partial charge on any atom is -0.465 e. The third kappa shape index (κ3) is 4.46. The molecule has 2 aliphatic heterocycles. The minimum absolute atomic E-state index is 0.0528. The molecule has 190 valence electrons. The number of ether oxygens (including phenoxy) is 2. The molecule has 14 heteroatoms. The van der Waals surface area contributed by atoms with Crippen LogP contribution in [0.15, 0.2) is 12.4 Å². The zero-order chi connectivity index (χ0) is 25.6. The van der Waals surface area contributed by atoms with Crippen molar-refractivity contribution in [1.82, 2.24) is 19.9 Å². The Morgan fingerprint density at radius 1 is 1.31 bits per heavy atom. The van der Waals surface area contributed by atoms with E-state index in [2.05, 4.69) is 20.3 Å². The number of aliphatic hydroxyl groups is 1. The number of carbonyl (C=O) groups is 3. The molecule has 0 spiro atoms. The van der Waals surface area contributed by atoms with Gasteiger partial charge in [0, 0.05) is 12.2 Å². The van der Waals surface area contributed by atoms with Crippen LogP contribution in [0.3, 0.4) is 0 Å². The van der Waals surface area contributed by atoms with E-state index in [0.29, 0.717) is 24.1 Å². The molecule has 3 amide bonds. The lowest BCUT2D eigenvalue weighted by atomic mass is 10.0. The summed E-state index contributed by atoms with van der Waals surface area (Å²) in [6, 6.07) is 0. The number of rotatable bonds is 6. The van der Waals surface area contributed by atoms with Gasteiger partial charge in [0.2, 0.25) is 0 Å². The van der Waals surface area contributed by atoms with Crippen LogP contribution < -0.4 is 15.0 Å². The van der Waals surface area contributed by atoms with Gasteiger partial charge in [-0.3, -0.25) is 14.7 Å². The number of hydrogen-bond acceptors (Lipinski definition) is 9. The van der Waals surface area contributed by atoms with Gasteiger partial charge in [0.25, 0.3) is 11.8 Å². The molecule has 4 heterocycles. The number of nitrogens with one attached hydrogen (secondary N) is 1. The Morgan fingerprint density at radius 3 is 2.83 bits per heavy atom. The highest BCUT2D eigenvalue weighted by atomic mass is 19.1. The van der Waals surface area contributed by atoms with Crippen molar-refractivity contribution in [3.8, 4) is 5.88 Å². The van der Waals surface area contributed by atoms with Crippen molar-refractivity contribution in [2.24, 2.45) is 5.92 Å². The van der Waals surface area contributed by atoms with Crippen LogP contribution in [-0.2, 0) is 22.4 Å². The highest BCUT2D eigenvalue weighted by Gasteiger charge is 2.40. The van der Waals surface area contributed by atoms with E-state index in [9.17, 15) is 29.0 Å². The first-order valence-electron chi connectivity index (χ1n) is 11.3. The standard InChI is InChI=1S/C22H23FN6O7/c1-10-12-2-11(3-13(12)14(23)4-24-10)6-28(21(32)33)7-15(30)16-8-29(22(34)36-16)17-5-25-20-19(26-17)27-18(31)9-35-20/h4-5,11,15-16,30H,2-3,6-9H2,1H3,(H,32,33)(H,26,27,31)/t11?,15-,16-/m1/s1. The molecule has 0 radical (unpaired) electrons. The van der Waals surface area contributed by atoms with Crippen LogP contribution >= 0.6 is 0 Å². The van der Waals surface area contributed by atoms with Crippen LogP contribution in [0.5, 0.6) is 5.88 Å². The zero-order valence-electron chi connectivity index (χ0n) is 19.2. The molecule has 0 saturated carbocycles. The van der Waals surface area contributed by atoms with Crippen molar-refractivity contribution >= 4 is 29.7 Å². The number of carboxylic acid groups (broad SMARTS) is 1. The molecule has 2 aromatic heterocycles. The Kier molecular flexibility index (Phi) is 6.04. The lowest BCUT2D eigenvalue weighted by Crippen LogP contribution is -2.45. The summed E-state index contributed by atoms with van der Waals surface area (Å²) in [6.45, 7) is 1.24. The molecule has 2 aromatic rings. The maximum absolute atomic E-state index is 14.2. The Hall–Kier alpha value is -4.07. The molecule has 1 saturated heterocycles. The van der Waals surface area contributed by atoms with E-state index in [1.807, 2.05) is 0 Å². The van der Waals surface area contributed by atoms with Gasteiger partial charge in [-0.05, 0) is 36.8 Å². The predicted octanol–water partition coefficient (Wildman–Crippen LogP) is 0.731. The second kappa shape index (κ2) is 9.18. The number of aryl methyl sites for hydroxylation is 1. The number of cyclic esters (lactones) is 1. The normalized spacial score (nSPS) is 21.2. The lowest BCUT2D eigenvalue weighted by molar-refractivity contribution is -0.118. The van der Waals surface area contributed by atoms with Crippen molar-refractivity contribution in [2.45, 2.75) is 32.0 Å². The highest BCUT2D eigenvalue weighted by Crippen LogP contribution is 2.31. The third-order valence-corrected chi connectivity index (χ3v) is 6.47. The van der Waals surface area contributed by atoms with Crippen LogP contribution in [0.25, 0.3) is 0 Å². The number of fused-ring (bicyclic) bond motifs is 2. The van der Waals surface area contributed by atoms with Crippen LogP contribution in [0, 0.1) is 18.7 Å². The van der Waals surface area contributed by atoms with Crippen molar-refractivity contribution in [3.63, 3.8) is 0 Å². The highest BCUT2D eigenvalue weighted by molar-refractivity contribution is 5.94. The summed E-state index contributed by atoms with van der Waals surface area (Å²) in [6.07, 6.45) is -1.13. The summed E-state index contributed by atoms with van der Waals surface area (Å²) in [5.41, 5.74) is 2.05. The van der Waals surface area contributed by atoms with Gasteiger partial charge >= 0.3 is 12.2 Å². The summed E-state index contributed by atoms with van der Waals surface area (Å²) in [5, 5.41) is 22.9. The Balaban J connectivity index is 1.23. The Bertz CT molecular complexity index is 1210. The van der Waals surface area contributed by atoms with Gasteiger partial charge < -0.3 is 29.9 Å². The predicted molar refractivity (Wildman–Crippen MR) is 119 cm³/mol. The number of pyridine rings is 1. The summed E-state index contributed by atoms with van der Waals surface area (Å²) >= 11 is 0. The lowest BCUT2D eigenvalue weighted by Gasteiger charge is -2.27. The number of anilines is 2. The fourth-order valence-electron chi connectivity index (χ4n) is 4.69. The van der Waals surface area contributed by atoms with E-state index >= 15 is 0 Å². The van der Waals surface area contributed by atoms with Gasteiger partial charge in [0.1, 0.15) is 18.0 Å². The average Bonchev–Trinajstić information content (AvgIpc) is 3.45. The summed E-state index contributed by atoms with van der Waals surface area (Å²) in [5.74, 6) is -0.763. The monoisotopic (exact) mass is 502 g/mol. The third-order valence-electron chi connectivity index (χ3n) is 6.47. The number of hydrogen-bond donors (Lipinski definition) is 3. The van der Waals surface area contributed by atoms with Gasteiger partial charge in [0.15, 0.2) is 18.2 Å². The summed E-state index contributed by atoms with van der Waals surface area (Å²) in [7, 11) is 0. The number of amides is 3. The van der Waals surface area contributed by atoms with Gasteiger partial charge in [-0.1, -0.05) is 0 Å². The molecule has 36 heavy (non-hydrogen) atoms. The molecule has 3 atom stereocenters. The minimum atomic E-state index is -1.33. The van der Waals surface area contributed by atoms with Crippen LogP contribution in [-0.4, -0.2) is 86.6 Å². The van der Waals surface area contributed by atoms with E-state index in [0.717, 1.165) is 15.4 Å². The van der Waals surface area contributed by atoms with Crippen molar-refractivity contribution in [3.05, 3.63) is 35.0 Å². The number of carbonyl (C=O) groups excluding carboxylic acids is 2. The SMILES string of the molecule is Cc1ncc(F)c2c1CC(CN(C[C@@H](O)[C@H]1CN(c3cnc4c(n3)NC(=O)CO4)C(=O)O1)C(=O)O)C2. The zero-order valence-corrected chi connectivity index (χ0v) is 19.2. The summed E-state index contributed by atoms with van der Waals surface area (Å²) in [4.78, 5) is 50.3. The molecule has 1 fully saturated rings. The van der Waals surface area contributed by atoms with E-state index in [-0.39, 0.29) is 49.7 Å². The molecule has 13 nitrogen and oxygen atoms in total. The van der Waals surface area contributed by atoms with E-state index in [1.165, 1.54) is 12.4 Å². The molecule has 3 aliphatic rings. The topological polar surface area (TPSA) is 167 Å². The molecule has 5 rings (SSSR count). The largest absolute Gasteiger partial charge is 0.465 e. The number of aromatic nitrogens is 3. The Labute approximate surface area is 203 Å². The maximum atomic E-state index is 14.2. The van der Waals surface area contributed by atoms with Gasteiger partial charge in [-0.25, -0.2) is 23.9 Å². The first-order chi connectivity index (χ1) is 17.2. The maximum Gasteiger partial charge on any atom is 0.416 e. The van der Waals surface area contributed by atoms with Crippen LogP contribution in [0.2, 0.25) is 0 Å². The fourth-order valence-corrected chi connectivity index (χ4v) is 4.69.